The van der Waals surface area contributed by atoms with Crippen LogP contribution in [-0.2, 0) is 14.3 Å². The number of carbonyl (C=O) groups is 3. The molecular formula is C17H22N2O6. The van der Waals surface area contributed by atoms with E-state index >= 15 is 0 Å². The molecular weight excluding hydrogens is 328 g/mol. The van der Waals surface area contributed by atoms with Crippen LogP contribution in [0, 0.1) is 0 Å². The van der Waals surface area contributed by atoms with Crippen LogP contribution in [0.1, 0.15) is 17.3 Å². The Labute approximate surface area is 146 Å². The molecule has 0 aliphatic rings. The highest BCUT2D eigenvalue weighted by molar-refractivity contribution is 5.96. The first-order valence-electron chi connectivity index (χ1n) is 7.50. The van der Waals surface area contributed by atoms with Gasteiger partial charge in [-0.15, -0.1) is 6.58 Å². The summed E-state index contributed by atoms with van der Waals surface area (Å²) >= 11 is 0. The number of carbonyl (C=O) groups excluding carboxylic acids is 3. The Morgan fingerprint density at radius 2 is 1.72 bits per heavy atom. The highest BCUT2D eigenvalue weighted by atomic mass is 16.5. The molecule has 0 saturated heterocycles. The third-order valence-electron chi connectivity index (χ3n) is 3.10. The first-order valence-corrected chi connectivity index (χ1v) is 7.50. The number of hydrogen-bond acceptors (Lipinski definition) is 6. The van der Waals surface area contributed by atoms with Crippen molar-refractivity contribution in [1.29, 1.82) is 0 Å². The Balaban J connectivity index is 2.57. The van der Waals surface area contributed by atoms with E-state index in [0.717, 1.165) is 0 Å². The van der Waals surface area contributed by atoms with Crippen LogP contribution in [0.3, 0.4) is 0 Å². The van der Waals surface area contributed by atoms with E-state index in [1.54, 1.807) is 6.07 Å². The van der Waals surface area contributed by atoms with E-state index in [9.17, 15) is 14.4 Å². The summed E-state index contributed by atoms with van der Waals surface area (Å²) < 4.78 is 15.1. The van der Waals surface area contributed by atoms with Crippen molar-refractivity contribution in [2.45, 2.75) is 13.0 Å². The molecule has 8 heteroatoms. The highest BCUT2D eigenvalue weighted by Gasteiger charge is 2.18. The molecule has 1 aromatic carbocycles. The molecule has 1 atom stereocenters. The second-order valence-corrected chi connectivity index (χ2v) is 4.95. The van der Waals surface area contributed by atoms with Crippen LogP contribution in [-0.4, -0.2) is 51.2 Å². The summed E-state index contributed by atoms with van der Waals surface area (Å²) in [4.78, 5) is 35.4. The Hall–Kier alpha value is -3.03. The number of hydrogen-bond donors (Lipinski definition) is 2. The number of nitrogens with one attached hydrogen (secondary N) is 2. The van der Waals surface area contributed by atoms with Gasteiger partial charge >= 0.3 is 5.97 Å². The third kappa shape index (κ3) is 6.54. The molecule has 8 nitrogen and oxygen atoms in total. The predicted molar refractivity (Wildman–Crippen MR) is 90.6 cm³/mol. The zero-order valence-electron chi connectivity index (χ0n) is 14.5. The number of esters is 1. The summed E-state index contributed by atoms with van der Waals surface area (Å²) in [5.41, 5.74) is 0.265. The van der Waals surface area contributed by atoms with Crippen LogP contribution >= 0.6 is 0 Å². The van der Waals surface area contributed by atoms with Crippen molar-refractivity contribution in [1.82, 2.24) is 10.6 Å². The molecule has 0 fully saturated rings. The minimum absolute atomic E-state index is 0.265. The van der Waals surface area contributed by atoms with Gasteiger partial charge in [0.25, 0.3) is 11.8 Å². The third-order valence-corrected chi connectivity index (χ3v) is 3.10. The lowest BCUT2D eigenvalue weighted by Crippen LogP contribution is -2.38. The van der Waals surface area contributed by atoms with Gasteiger partial charge in [0.2, 0.25) is 0 Å². The van der Waals surface area contributed by atoms with E-state index in [1.807, 2.05) is 0 Å². The molecule has 0 aliphatic carbocycles. The fourth-order valence-corrected chi connectivity index (χ4v) is 1.80. The molecule has 0 spiro atoms. The van der Waals surface area contributed by atoms with Gasteiger partial charge in [-0.25, -0.2) is 0 Å². The molecule has 1 rings (SSSR count). The average Bonchev–Trinajstić information content (AvgIpc) is 2.63. The average molecular weight is 350 g/mol. The van der Waals surface area contributed by atoms with E-state index in [1.165, 1.54) is 39.4 Å². The van der Waals surface area contributed by atoms with Gasteiger partial charge in [0.1, 0.15) is 18.0 Å². The normalized spacial score (nSPS) is 11.0. The second kappa shape index (κ2) is 9.96. The van der Waals surface area contributed by atoms with Crippen LogP contribution in [0.4, 0.5) is 0 Å². The van der Waals surface area contributed by atoms with Crippen LogP contribution in [0.15, 0.2) is 30.9 Å². The molecule has 0 aliphatic heterocycles. The van der Waals surface area contributed by atoms with E-state index < -0.39 is 23.9 Å². The molecule has 2 amide bonds. The lowest BCUT2D eigenvalue weighted by atomic mass is 10.2. The molecule has 0 heterocycles. The van der Waals surface area contributed by atoms with Crippen LogP contribution < -0.4 is 20.1 Å². The van der Waals surface area contributed by atoms with E-state index in [4.69, 9.17) is 14.2 Å². The number of benzene rings is 1. The monoisotopic (exact) mass is 350 g/mol. The summed E-state index contributed by atoms with van der Waals surface area (Å²) in [7, 11) is 2.93. The number of rotatable bonds is 9. The molecule has 0 bridgehead atoms. The minimum atomic E-state index is -0.971. The summed E-state index contributed by atoms with van der Waals surface area (Å²) in [5.74, 6) is -0.793. The first kappa shape index (κ1) is 20.0. The summed E-state index contributed by atoms with van der Waals surface area (Å²) in [6.45, 7) is 4.80. The highest BCUT2D eigenvalue weighted by Crippen LogP contribution is 2.22. The molecule has 2 N–H and O–H groups in total. The van der Waals surface area contributed by atoms with Gasteiger partial charge in [-0.05, 0) is 19.1 Å². The van der Waals surface area contributed by atoms with Crippen molar-refractivity contribution in [3.05, 3.63) is 36.4 Å². The number of ether oxygens (including phenoxy) is 3. The van der Waals surface area contributed by atoms with Gasteiger partial charge in [-0.3, -0.25) is 14.4 Å². The van der Waals surface area contributed by atoms with E-state index in [-0.39, 0.29) is 18.7 Å². The zero-order chi connectivity index (χ0) is 18.8. The minimum Gasteiger partial charge on any atom is -0.497 e. The topological polar surface area (TPSA) is 103 Å². The first-order chi connectivity index (χ1) is 11.9. The summed E-state index contributed by atoms with van der Waals surface area (Å²) in [6, 6.07) is 4.64. The van der Waals surface area contributed by atoms with Gasteiger partial charge < -0.3 is 24.8 Å². The Morgan fingerprint density at radius 1 is 1.12 bits per heavy atom. The van der Waals surface area contributed by atoms with Crippen LogP contribution in [0.5, 0.6) is 11.5 Å². The maximum atomic E-state index is 12.1. The quantitative estimate of drug-likeness (QED) is 0.501. The largest absolute Gasteiger partial charge is 0.497 e. The lowest BCUT2D eigenvalue weighted by molar-refractivity contribution is -0.153. The van der Waals surface area contributed by atoms with E-state index in [0.29, 0.717) is 11.5 Å². The summed E-state index contributed by atoms with van der Waals surface area (Å²) in [5, 5.41) is 4.92. The molecule has 0 aromatic heterocycles. The second-order valence-electron chi connectivity index (χ2n) is 4.95. The Kier molecular flexibility index (Phi) is 7.98. The Morgan fingerprint density at radius 3 is 2.24 bits per heavy atom. The zero-order valence-corrected chi connectivity index (χ0v) is 14.5. The van der Waals surface area contributed by atoms with Gasteiger partial charge in [-0.1, -0.05) is 6.08 Å². The van der Waals surface area contributed by atoms with Crippen molar-refractivity contribution in [2.24, 2.45) is 0 Å². The van der Waals surface area contributed by atoms with Crippen molar-refractivity contribution in [2.75, 3.05) is 27.3 Å². The SMILES string of the molecule is C=CCNC(=O)[C@@H](C)OC(=O)CNC(=O)c1cc(OC)cc(OC)c1. The van der Waals surface area contributed by atoms with Crippen molar-refractivity contribution >= 4 is 17.8 Å². The standard InChI is InChI=1S/C17H22N2O6/c1-5-6-18-16(21)11(2)25-15(20)10-19-17(22)12-7-13(23-3)9-14(8-12)24-4/h5,7-9,11H,1,6,10H2,2-4H3,(H,18,21)(H,19,22)/t11-/m1/s1. The van der Waals surface area contributed by atoms with Gasteiger partial charge in [0, 0.05) is 18.2 Å². The smallest absolute Gasteiger partial charge is 0.326 e. The Bertz CT molecular complexity index is 622. The maximum absolute atomic E-state index is 12.1. The predicted octanol–water partition coefficient (Wildman–Crippen LogP) is 0.668. The van der Waals surface area contributed by atoms with Crippen LogP contribution in [0.2, 0.25) is 0 Å². The van der Waals surface area contributed by atoms with Crippen molar-refractivity contribution in [3.63, 3.8) is 0 Å². The maximum Gasteiger partial charge on any atom is 0.326 e. The molecule has 0 radical (unpaired) electrons. The molecule has 0 saturated carbocycles. The van der Waals surface area contributed by atoms with Crippen LogP contribution in [0.25, 0.3) is 0 Å². The number of methoxy groups -OCH3 is 2. The number of amides is 2. The van der Waals surface area contributed by atoms with Gasteiger partial charge in [0.05, 0.1) is 14.2 Å². The molecule has 1 aromatic rings. The van der Waals surface area contributed by atoms with E-state index in [2.05, 4.69) is 17.2 Å². The lowest BCUT2D eigenvalue weighted by Gasteiger charge is -2.13. The fourth-order valence-electron chi connectivity index (χ4n) is 1.80. The van der Waals surface area contributed by atoms with Crippen molar-refractivity contribution < 1.29 is 28.6 Å². The molecule has 0 unspecified atom stereocenters. The van der Waals surface area contributed by atoms with Gasteiger partial charge in [0.15, 0.2) is 6.10 Å². The molecule has 136 valence electrons. The van der Waals surface area contributed by atoms with Gasteiger partial charge in [-0.2, -0.15) is 0 Å². The fraction of sp³-hybridized carbons (Fsp3) is 0.353. The molecule has 25 heavy (non-hydrogen) atoms. The van der Waals surface area contributed by atoms with Crippen molar-refractivity contribution in [3.8, 4) is 11.5 Å². The summed E-state index contributed by atoms with van der Waals surface area (Å²) in [6.07, 6.45) is 0.538.